The second kappa shape index (κ2) is 9.00. The number of nitrogens with one attached hydrogen (secondary N) is 2. The number of carbonyl (C=O) groups is 1. The van der Waals surface area contributed by atoms with E-state index in [0.29, 0.717) is 18.0 Å². The number of benzene rings is 2. The molecule has 6 heteroatoms. The highest BCUT2D eigenvalue weighted by Crippen LogP contribution is 2.19. The highest BCUT2D eigenvalue weighted by Gasteiger charge is 2.11. The van der Waals surface area contributed by atoms with Crippen molar-refractivity contribution in [3.8, 4) is 17.0 Å². The minimum Gasteiger partial charge on any atom is -0.494 e. The summed E-state index contributed by atoms with van der Waals surface area (Å²) in [6.07, 6.45) is 0.967. The van der Waals surface area contributed by atoms with Crippen LogP contribution in [0.2, 0.25) is 0 Å². The molecule has 0 aliphatic carbocycles. The van der Waals surface area contributed by atoms with Gasteiger partial charge in [-0.25, -0.2) is 0 Å². The van der Waals surface area contributed by atoms with Gasteiger partial charge in [-0.15, -0.1) is 0 Å². The largest absolute Gasteiger partial charge is 0.494 e. The Kier molecular flexibility index (Phi) is 6.22. The fourth-order valence-corrected chi connectivity index (χ4v) is 2.60. The van der Waals surface area contributed by atoms with Crippen LogP contribution in [0.25, 0.3) is 11.3 Å². The SMILES string of the molecule is CN(C)CCCOc1ccc(NC(=O)c2cc(-c3ccccc3)n[nH]2)cc1. The van der Waals surface area contributed by atoms with Crippen molar-refractivity contribution in [2.24, 2.45) is 0 Å². The topological polar surface area (TPSA) is 70.2 Å². The van der Waals surface area contributed by atoms with Gasteiger partial charge in [-0.2, -0.15) is 5.10 Å². The zero-order chi connectivity index (χ0) is 19.1. The molecule has 3 rings (SSSR count). The number of carbonyl (C=O) groups excluding carboxylic acids is 1. The van der Waals surface area contributed by atoms with Crippen molar-refractivity contribution in [2.75, 3.05) is 32.6 Å². The lowest BCUT2D eigenvalue weighted by molar-refractivity contribution is 0.102. The lowest BCUT2D eigenvalue weighted by atomic mass is 10.1. The van der Waals surface area contributed by atoms with Crippen LogP contribution >= 0.6 is 0 Å². The van der Waals surface area contributed by atoms with Crippen molar-refractivity contribution < 1.29 is 9.53 Å². The quantitative estimate of drug-likeness (QED) is 0.599. The Bertz CT molecular complexity index is 857. The van der Waals surface area contributed by atoms with Gasteiger partial charge in [0.15, 0.2) is 0 Å². The van der Waals surface area contributed by atoms with Crippen LogP contribution in [0.4, 0.5) is 5.69 Å². The number of aromatic amines is 1. The van der Waals surface area contributed by atoms with E-state index in [-0.39, 0.29) is 5.91 Å². The minimum atomic E-state index is -0.232. The number of H-pyrrole nitrogens is 1. The summed E-state index contributed by atoms with van der Waals surface area (Å²) in [5, 5.41) is 9.86. The average molecular weight is 364 g/mol. The number of hydrogen-bond donors (Lipinski definition) is 2. The number of anilines is 1. The van der Waals surface area contributed by atoms with Gasteiger partial charge < -0.3 is 15.0 Å². The van der Waals surface area contributed by atoms with Gasteiger partial charge in [0.1, 0.15) is 11.4 Å². The third-order valence-electron chi connectivity index (χ3n) is 4.02. The van der Waals surface area contributed by atoms with E-state index >= 15 is 0 Å². The van der Waals surface area contributed by atoms with Crippen molar-refractivity contribution in [1.82, 2.24) is 15.1 Å². The lowest BCUT2D eigenvalue weighted by Crippen LogP contribution is -2.15. The predicted molar refractivity (Wildman–Crippen MR) is 107 cm³/mol. The molecule has 3 aromatic rings. The Morgan fingerprint density at radius 2 is 1.85 bits per heavy atom. The lowest BCUT2D eigenvalue weighted by Gasteiger charge is -2.10. The van der Waals surface area contributed by atoms with E-state index in [1.807, 2.05) is 68.7 Å². The second-order valence-corrected chi connectivity index (χ2v) is 6.52. The van der Waals surface area contributed by atoms with Gasteiger partial charge in [0.2, 0.25) is 0 Å². The van der Waals surface area contributed by atoms with E-state index in [9.17, 15) is 4.79 Å². The van der Waals surface area contributed by atoms with E-state index in [4.69, 9.17) is 4.74 Å². The maximum Gasteiger partial charge on any atom is 0.273 e. The smallest absolute Gasteiger partial charge is 0.273 e. The highest BCUT2D eigenvalue weighted by atomic mass is 16.5. The number of rotatable bonds is 8. The van der Waals surface area contributed by atoms with Crippen molar-refractivity contribution in [3.05, 3.63) is 66.4 Å². The Morgan fingerprint density at radius 1 is 1.11 bits per heavy atom. The normalized spacial score (nSPS) is 10.8. The molecule has 0 unspecified atom stereocenters. The molecule has 0 spiro atoms. The Labute approximate surface area is 159 Å². The van der Waals surface area contributed by atoms with Crippen LogP contribution in [-0.4, -0.2) is 48.3 Å². The van der Waals surface area contributed by atoms with Crippen LogP contribution in [0.1, 0.15) is 16.9 Å². The zero-order valence-electron chi connectivity index (χ0n) is 15.6. The van der Waals surface area contributed by atoms with Crippen LogP contribution in [0, 0.1) is 0 Å². The highest BCUT2D eigenvalue weighted by molar-refractivity contribution is 6.03. The first-order chi connectivity index (χ1) is 13.1. The van der Waals surface area contributed by atoms with Gasteiger partial charge in [-0.05, 0) is 50.8 Å². The number of hydrogen-bond acceptors (Lipinski definition) is 4. The van der Waals surface area contributed by atoms with Crippen molar-refractivity contribution >= 4 is 11.6 Å². The summed E-state index contributed by atoms with van der Waals surface area (Å²) in [5.74, 6) is 0.559. The molecule has 0 bridgehead atoms. The minimum absolute atomic E-state index is 0.232. The molecule has 0 saturated heterocycles. The molecule has 0 saturated carbocycles. The first-order valence-electron chi connectivity index (χ1n) is 8.91. The zero-order valence-corrected chi connectivity index (χ0v) is 15.6. The van der Waals surface area contributed by atoms with Crippen LogP contribution in [0.5, 0.6) is 5.75 Å². The number of aromatic nitrogens is 2. The summed E-state index contributed by atoms with van der Waals surface area (Å²) in [5.41, 5.74) is 2.82. The summed E-state index contributed by atoms with van der Waals surface area (Å²) >= 11 is 0. The van der Waals surface area contributed by atoms with E-state index in [0.717, 1.165) is 30.0 Å². The molecular formula is C21H24N4O2. The molecule has 0 fully saturated rings. The van der Waals surface area contributed by atoms with E-state index in [1.165, 1.54) is 0 Å². The predicted octanol–water partition coefficient (Wildman–Crippen LogP) is 3.66. The summed E-state index contributed by atoms with van der Waals surface area (Å²) in [6, 6.07) is 18.8. The molecule has 0 radical (unpaired) electrons. The summed E-state index contributed by atoms with van der Waals surface area (Å²) in [6.45, 7) is 1.66. The molecule has 2 aromatic carbocycles. The third kappa shape index (κ3) is 5.43. The summed E-state index contributed by atoms with van der Waals surface area (Å²) < 4.78 is 5.70. The van der Waals surface area contributed by atoms with E-state index < -0.39 is 0 Å². The molecule has 0 aliphatic rings. The maximum absolute atomic E-state index is 12.4. The molecule has 0 aliphatic heterocycles. The first-order valence-corrected chi connectivity index (χ1v) is 8.91. The van der Waals surface area contributed by atoms with Gasteiger partial charge >= 0.3 is 0 Å². The number of amides is 1. The molecule has 1 aromatic heterocycles. The Hall–Kier alpha value is -3.12. The summed E-state index contributed by atoms with van der Waals surface area (Å²) in [4.78, 5) is 14.5. The number of ether oxygens (including phenoxy) is 1. The molecule has 1 heterocycles. The van der Waals surface area contributed by atoms with Crippen LogP contribution in [-0.2, 0) is 0 Å². The van der Waals surface area contributed by atoms with Crippen LogP contribution in [0.15, 0.2) is 60.7 Å². The van der Waals surface area contributed by atoms with Crippen LogP contribution in [0.3, 0.4) is 0 Å². The fraction of sp³-hybridized carbons (Fsp3) is 0.238. The van der Waals surface area contributed by atoms with Gasteiger partial charge in [-0.3, -0.25) is 9.89 Å². The molecule has 6 nitrogen and oxygen atoms in total. The molecule has 140 valence electrons. The van der Waals surface area contributed by atoms with Crippen molar-refractivity contribution in [3.63, 3.8) is 0 Å². The van der Waals surface area contributed by atoms with Crippen LogP contribution < -0.4 is 10.1 Å². The average Bonchev–Trinajstić information content (AvgIpc) is 3.17. The van der Waals surface area contributed by atoms with Gasteiger partial charge in [0.25, 0.3) is 5.91 Å². The Balaban J connectivity index is 1.54. The van der Waals surface area contributed by atoms with E-state index in [2.05, 4.69) is 20.4 Å². The number of nitrogens with zero attached hydrogens (tertiary/aromatic N) is 2. The van der Waals surface area contributed by atoms with E-state index in [1.54, 1.807) is 6.07 Å². The van der Waals surface area contributed by atoms with Crippen molar-refractivity contribution in [2.45, 2.75) is 6.42 Å². The standard InChI is InChI=1S/C21H24N4O2/c1-25(2)13-6-14-27-18-11-9-17(10-12-18)22-21(26)20-15-19(23-24-20)16-7-4-3-5-8-16/h3-5,7-12,15H,6,13-14H2,1-2H3,(H,22,26)(H,23,24). The molecule has 1 amide bonds. The fourth-order valence-electron chi connectivity index (χ4n) is 2.60. The van der Waals surface area contributed by atoms with Crippen molar-refractivity contribution in [1.29, 1.82) is 0 Å². The maximum atomic E-state index is 12.4. The summed E-state index contributed by atoms with van der Waals surface area (Å²) in [7, 11) is 4.08. The van der Waals surface area contributed by atoms with Gasteiger partial charge in [0.05, 0.1) is 12.3 Å². The van der Waals surface area contributed by atoms with Gasteiger partial charge in [0, 0.05) is 17.8 Å². The monoisotopic (exact) mass is 364 g/mol. The molecule has 2 N–H and O–H groups in total. The van der Waals surface area contributed by atoms with Gasteiger partial charge in [-0.1, -0.05) is 30.3 Å². The molecule has 27 heavy (non-hydrogen) atoms. The second-order valence-electron chi connectivity index (χ2n) is 6.52. The molecule has 0 atom stereocenters. The Morgan fingerprint density at radius 3 is 2.56 bits per heavy atom. The third-order valence-corrected chi connectivity index (χ3v) is 4.02. The molecular weight excluding hydrogens is 340 g/mol. The first kappa shape index (κ1) is 18.7.